The lowest BCUT2D eigenvalue weighted by atomic mass is 10.3. The van der Waals surface area contributed by atoms with Crippen molar-refractivity contribution in [2.75, 3.05) is 0 Å². The molecule has 0 aliphatic heterocycles. The molecule has 0 saturated carbocycles. The zero-order chi connectivity index (χ0) is 9.68. The van der Waals surface area contributed by atoms with Crippen molar-refractivity contribution in [1.82, 2.24) is 0 Å². The number of furan rings is 1. The molecule has 1 heterocycles. The lowest BCUT2D eigenvalue weighted by Crippen LogP contribution is -2.11. The molecule has 0 N–H and O–H groups in total. The van der Waals surface area contributed by atoms with Gasteiger partial charge in [0.1, 0.15) is 6.26 Å². The first-order valence-electron chi connectivity index (χ1n) is 4.01. The van der Waals surface area contributed by atoms with E-state index in [0.29, 0.717) is 6.42 Å². The maximum atomic E-state index is 11.1. The van der Waals surface area contributed by atoms with E-state index in [4.69, 9.17) is 0 Å². The molecule has 0 radical (unpaired) electrons. The first kappa shape index (κ1) is 9.51. The van der Waals surface area contributed by atoms with Crippen LogP contribution in [-0.4, -0.2) is 11.9 Å². The van der Waals surface area contributed by atoms with Crippen LogP contribution in [0.4, 0.5) is 0 Å². The Balaban J connectivity index is 2.47. The van der Waals surface area contributed by atoms with E-state index in [1.807, 2.05) is 6.92 Å². The predicted molar refractivity (Wildman–Crippen MR) is 44.0 cm³/mol. The molecule has 0 bridgehead atoms. The average molecular weight is 182 g/mol. The molecule has 0 amide bonds. The second-order valence-corrected chi connectivity index (χ2v) is 2.52. The first-order chi connectivity index (χ1) is 6.24. The highest BCUT2D eigenvalue weighted by atomic mass is 16.6. The van der Waals surface area contributed by atoms with E-state index >= 15 is 0 Å². The van der Waals surface area contributed by atoms with Gasteiger partial charge in [-0.1, -0.05) is 6.92 Å². The fourth-order valence-electron chi connectivity index (χ4n) is 0.798. The maximum Gasteiger partial charge on any atom is 0.349 e. The van der Waals surface area contributed by atoms with Gasteiger partial charge in [-0.15, -0.1) is 0 Å². The van der Waals surface area contributed by atoms with Gasteiger partial charge in [-0.25, -0.2) is 4.79 Å². The molecule has 0 spiro atoms. The number of rotatable bonds is 3. The summed E-state index contributed by atoms with van der Waals surface area (Å²) in [4.78, 5) is 22.0. The van der Waals surface area contributed by atoms with Crippen molar-refractivity contribution in [3.05, 3.63) is 24.2 Å². The average Bonchev–Trinajstić information content (AvgIpc) is 2.55. The van der Waals surface area contributed by atoms with Gasteiger partial charge >= 0.3 is 11.9 Å². The molecule has 0 saturated heterocycles. The van der Waals surface area contributed by atoms with Crippen LogP contribution in [0, 0.1) is 0 Å². The quantitative estimate of drug-likeness (QED) is 0.528. The Bertz CT molecular complexity index is 287. The first-order valence-corrected chi connectivity index (χ1v) is 4.01. The predicted octanol–water partition coefficient (Wildman–Crippen LogP) is 1.76. The Morgan fingerprint density at radius 1 is 1.54 bits per heavy atom. The summed E-state index contributed by atoms with van der Waals surface area (Å²) >= 11 is 0. The zero-order valence-electron chi connectivity index (χ0n) is 7.28. The van der Waals surface area contributed by atoms with E-state index in [2.05, 4.69) is 9.15 Å². The summed E-state index contributed by atoms with van der Waals surface area (Å²) < 4.78 is 9.16. The van der Waals surface area contributed by atoms with Crippen molar-refractivity contribution in [1.29, 1.82) is 0 Å². The van der Waals surface area contributed by atoms with Crippen LogP contribution in [0.25, 0.3) is 0 Å². The van der Waals surface area contributed by atoms with Crippen LogP contribution in [0.3, 0.4) is 0 Å². The van der Waals surface area contributed by atoms with Crippen LogP contribution < -0.4 is 0 Å². The molecule has 0 aliphatic carbocycles. The number of hydrogen-bond donors (Lipinski definition) is 0. The second-order valence-electron chi connectivity index (χ2n) is 2.52. The third kappa shape index (κ3) is 2.74. The molecule has 4 heteroatoms. The van der Waals surface area contributed by atoms with Gasteiger partial charge in [0.15, 0.2) is 0 Å². The highest BCUT2D eigenvalue weighted by Crippen LogP contribution is 2.03. The molecule has 4 nitrogen and oxygen atoms in total. The fraction of sp³-hybridized carbons (Fsp3) is 0.333. The molecular formula is C9H10O4. The van der Waals surface area contributed by atoms with Crippen molar-refractivity contribution >= 4 is 11.9 Å². The van der Waals surface area contributed by atoms with Crippen LogP contribution in [0.15, 0.2) is 23.0 Å². The highest BCUT2D eigenvalue weighted by molar-refractivity contribution is 5.96. The maximum absolute atomic E-state index is 11.1. The molecule has 1 aromatic heterocycles. The zero-order valence-corrected chi connectivity index (χ0v) is 7.28. The van der Waals surface area contributed by atoms with Gasteiger partial charge in [-0.2, -0.15) is 0 Å². The Kier molecular flexibility index (Phi) is 3.25. The smallest absolute Gasteiger partial charge is 0.349 e. The summed E-state index contributed by atoms with van der Waals surface area (Å²) in [6.07, 6.45) is 3.50. The van der Waals surface area contributed by atoms with Crippen molar-refractivity contribution in [3.63, 3.8) is 0 Å². The van der Waals surface area contributed by atoms with Crippen LogP contribution in [0.2, 0.25) is 0 Å². The summed E-state index contributed by atoms with van der Waals surface area (Å²) in [5.41, 5.74) is 0.254. The Hall–Kier alpha value is -1.58. The van der Waals surface area contributed by atoms with Gasteiger partial charge in [0.2, 0.25) is 0 Å². The monoisotopic (exact) mass is 182 g/mol. The van der Waals surface area contributed by atoms with Gasteiger partial charge < -0.3 is 9.15 Å². The third-order valence-electron chi connectivity index (χ3n) is 1.42. The van der Waals surface area contributed by atoms with Crippen molar-refractivity contribution in [2.45, 2.75) is 19.8 Å². The Labute approximate surface area is 75.5 Å². The van der Waals surface area contributed by atoms with Crippen LogP contribution in [0.1, 0.15) is 30.1 Å². The minimum absolute atomic E-state index is 0.254. The van der Waals surface area contributed by atoms with Gasteiger partial charge in [0.25, 0.3) is 0 Å². The lowest BCUT2D eigenvalue weighted by molar-refractivity contribution is -0.137. The summed E-state index contributed by atoms with van der Waals surface area (Å²) in [5, 5.41) is 0. The minimum atomic E-state index is -0.660. The second kappa shape index (κ2) is 4.45. The topological polar surface area (TPSA) is 56.5 Å². The molecule has 70 valence electrons. The normalized spacial score (nSPS) is 9.62. The van der Waals surface area contributed by atoms with Crippen molar-refractivity contribution in [2.24, 2.45) is 0 Å². The van der Waals surface area contributed by atoms with Crippen molar-refractivity contribution in [3.8, 4) is 0 Å². The van der Waals surface area contributed by atoms with Crippen LogP contribution >= 0.6 is 0 Å². The number of carbonyl (C=O) groups excluding carboxylic acids is 2. The summed E-state index contributed by atoms with van der Waals surface area (Å²) in [5.74, 6) is -1.17. The lowest BCUT2D eigenvalue weighted by Gasteiger charge is -1.98. The van der Waals surface area contributed by atoms with Crippen molar-refractivity contribution < 1.29 is 18.7 Å². The summed E-state index contributed by atoms with van der Waals surface area (Å²) in [6.45, 7) is 1.84. The standard InChI is InChI=1S/C9H10O4/c1-2-3-8(10)13-9(11)7-4-5-12-6-7/h4-6H,2-3H2,1H3. The highest BCUT2D eigenvalue weighted by Gasteiger charge is 2.12. The van der Waals surface area contributed by atoms with E-state index in [1.54, 1.807) is 0 Å². The molecule has 13 heavy (non-hydrogen) atoms. The molecule has 1 aromatic rings. The van der Waals surface area contributed by atoms with Gasteiger partial charge in [0, 0.05) is 6.42 Å². The number of esters is 2. The molecule has 0 atom stereocenters. The molecule has 0 unspecified atom stereocenters. The SMILES string of the molecule is CCCC(=O)OC(=O)c1ccoc1. The fourth-order valence-corrected chi connectivity index (χ4v) is 0.798. The molecule has 0 aromatic carbocycles. The number of hydrogen-bond acceptors (Lipinski definition) is 4. The van der Waals surface area contributed by atoms with Gasteiger partial charge in [-0.3, -0.25) is 4.79 Å². The van der Waals surface area contributed by atoms with E-state index in [1.165, 1.54) is 18.6 Å². The van der Waals surface area contributed by atoms with E-state index < -0.39 is 11.9 Å². The van der Waals surface area contributed by atoms with E-state index in [-0.39, 0.29) is 12.0 Å². The molecule has 1 rings (SSSR count). The number of carbonyl (C=O) groups is 2. The number of ether oxygens (including phenoxy) is 1. The van der Waals surface area contributed by atoms with E-state index in [9.17, 15) is 9.59 Å². The van der Waals surface area contributed by atoms with Crippen LogP contribution in [0.5, 0.6) is 0 Å². The third-order valence-corrected chi connectivity index (χ3v) is 1.42. The van der Waals surface area contributed by atoms with Crippen LogP contribution in [-0.2, 0) is 9.53 Å². The molecule has 0 aliphatic rings. The summed E-state index contributed by atoms with van der Waals surface area (Å²) in [6, 6.07) is 1.45. The minimum Gasteiger partial charge on any atom is -0.472 e. The molecular weight excluding hydrogens is 172 g/mol. The van der Waals surface area contributed by atoms with E-state index in [0.717, 1.165) is 0 Å². The Morgan fingerprint density at radius 3 is 2.85 bits per heavy atom. The van der Waals surface area contributed by atoms with Gasteiger partial charge in [0.05, 0.1) is 11.8 Å². The Morgan fingerprint density at radius 2 is 2.31 bits per heavy atom. The summed E-state index contributed by atoms with van der Waals surface area (Å²) in [7, 11) is 0. The largest absolute Gasteiger partial charge is 0.472 e. The molecule has 0 fully saturated rings. The van der Waals surface area contributed by atoms with Gasteiger partial charge in [-0.05, 0) is 12.5 Å².